The lowest BCUT2D eigenvalue weighted by Crippen LogP contribution is -2.14. The third-order valence-corrected chi connectivity index (χ3v) is 5.20. The van der Waals surface area contributed by atoms with Crippen molar-refractivity contribution >= 4 is 11.7 Å². The van der Waals surface area contributed by atoms with Gasteiger partial charge in [-0.3, -0.25) is 0 Å². The Morgan fingerprint density at radius 3 is 1.71 bits per heavy atom. The van der Waals surface area contributed by atoms with Gasteiger partial charge in [-0.1, -0.05) is 52.4 Å². The Bertz CT molecular complexity index is 581. The second kappa shape index (κ2) is 23.1. The number of esters is 1. The average molecular weight is 482 g/mol. The number of hydrogen-bond acceptors (Lipinski definition) is 7. The number of rotatable bonds is 24. The standard InChI is InChI=1S/C27H47NO6/c1-3-5-7-8-9-10-16-30-17-18-31-19-20-32-21-22-33-23-24-34-27(29)25-11-13-26(14-12-25)28-15-6-4-2/h11-14,28H,3-10,15-24H2,1-2H3. The molecule has 0 aromatic heterocycles. The van der Waals surface area contributed by atoms with Gasteiger partial charge in [0.2, 0.25) is 0 Å². The summed E-state index contributed by atoms with van der Waals surface area (Å²) in [5.74, 6) is -0.340. The van der Waals surface area contributed by atoms with Crippen molar-refractivity contribution in [1.29, 1.82) is 0 Å². The minimum atomic E-state index is -0.340. The van der Waals surface area contributed by atoms with Crippen LogP contribution in [0.2, 0.25) is 0 Å². The van der Waals surface area contributed by atoms with Crippen molar-refractivity contribution in [2.45, 2.75) is 65.2 Å². The van der Waals surface area contributed by atoms with Crippen LogP contribution in [0.25, 0.3) is 0 Å². The maximum absolute atomic E-state index is 12.1. The van der Waals surface area contributed by atoms with Crippen molar-refractivity contribution in [2.75, 3.05) is 71.3 Å². The van der Waals surface area contributed by atoms with Gasteiger partial charge in [0.15, 0.2) is 0 Å². The molecule has 0 saturated carbocycles. The van der Waals surface area contributed by atoms with E-state index < -0.39 is 0 Å². The summed E-state index contributed by atoms with van der Waals surface area (Å²) in [4.78, 5) is 12.1. The minimum absolute atomic E-state index is 0.219. The molecule has 7 nitrogen and oxygen atoms in total. The largest absolute Gasteiger partial charge is 0.460 e. The highest BCUT2D eigenvalue weighted by molar-refractivity contribution is 5.89. The molecule has 1 N–H and O–H groups in total. The van der Waals surface area contributed by atoms with E-state index in [0.29, 0.717) is 51.8 Å². The number of hydrogen-bond donors (Lipinski definition) is 1. The van der Waals surface area contributed by atoms with Gasteiger partial charge in [-0.05, 0) is 37.1 Å². The number of ether oxygens (including phenoxy) is 5. The third kappa shape index (κ3) is 17.8. The van der Waals surface area contributed by atoms with Crippen LogP contribution in [0.5, 0.6) is 0 Å². The molecule has 0 fully saturated rings. The van der Waals surface area contributed by atoms with Gasteiger partial charge in [0.1, 0.15) is 6.61 Å². The molecule has 0 radical (unpaired) electrons. The maximum Gasteiger partial charge on any atom is 0.338 e. The minimum Gasteiger partial charge on any atom is -0.460 e. The highest BCUT2D eigenvalue weighted by Gasteiger charge is 2.06. The average Bonchev–Trinajstić information content (AvgIpc) is 2.86. The van der Waals surface area contributed by atoms with E-state index in [9.17, 15) is 4.79 Å². The van der Waals surface area contributed by atoms with Crippen molar-refractivity contribution in [3.05, 3.63) is 29.8 Å². The van der Waals surface area contributed by atoms with E-state index in [1.807, 2.05) is 12.1 Å². The zero-order valence-electron chi connectivity index (χ0n) is 21.5. The molecule has 1 aromatic rings. The Balaban J connectivity index is 1.83. The summed E-state index contributed by atoms with van der Waals surface area (Å²) in [7, 11) is 0. The summed E-state index contributed by atoms with van der Waals surface area (Å²) in [5.41, 5.74) is 1.55. The van der Waals surface area contributed by atoms with Gasteiger partial charge in [0.25, 0.3) is 0 Å². The second-order valence-corrected chi connectivity index (χ2v) is 8.21. The van der Waals surface area contributed by atoms with E-state index in [2.05, 4.69) is 19.2 Å². The first-order valence-corrected chi connectivity index (χ1v) is 13.1. The smallest absolute Gasteiger partial charge is 0.338 e. The molecule has 34 heavy (non-hydrogen) atoms. The molecule has 0 heterocycles. The van der Waals surface area contributed by atoms with E-state index in [-0.39, 0.29) is 12.6 Å². The predicted molar refractivity (Wildman–Crippen MR) is 137 cm³/mol. The number of benzene rings is 1. The molecule has 196 valence electrons. The molecular formula is C27H47NO6. The maximum atomic E-state index is 12.1. The quantitative estimate of drug-likeness (QED) is 0.155. The van der Waals surface area contributed by atoms with Gasteiger partial charge in [-0.15, -0.1) is 0 Å². The summed E-state index contributed by atoms with van der Waals surface area (Å²) in [6.45, 7) is 9.95. The van der Waals surface area contributed by atoms with E-state index in [1.54, 1.807) is 12.1 Å². The van der Waals surface area contributed by atoms with Crippen LogP contribution in [0.4, 0.5) is 5.69 Å². The van der Waals surface area contributed by atoms with Crippen LogP contribution in [0, 0.1) is 0 Å². The van der Waals surface area contributed by atoms with Gasteiger partial charge in [0, 0.05) is 18.8 Å². The van der Waals surface area contributed by atoms with Crippen molar-refractivity contribution in [3.63, 3.8) is 0 Å². The van der Waals surface area contributed by atoms with Crippen LogP contribution in [-0.2, 0) is 23.7 Å². The van der Waals surface area contributed by atoms with Crippen LogP contribution in [0.3, 0.4) is 0 Å². The molecule has 0 amide bonds. The normalized spacial score (nSPS) is 11.0. The van der Waals surface area contributed by atoms with Gasteiger partial charge < -0.3 is 29.0 Å². The number of nitrogens with one attached hydrogen (secondary N) is 1. The van der Waals surface area contributed by atoms with Gasteiger partial charge in [-0.25, -0.2) is 4.79 Å². The fraction of sp³-hybridized carbons (Fsp3) is 0.741. The number of unbranched alkanes of at least 4 members (excludes halogenated alkanes) is 6. The number of anilines is 1. The van der Waals surface area contributed by atoms with E-state index in [4.69, 9.17) is 23.7 Å². The summed E-state index contributed by atoms with van der Waals surface area (Å²) >= 11 is 0. The van der Waals surface area contributed by atoms with Gasteiger partial charge in [0.05, 0.1) is 51.8 Å². The van der Waals surface area contributed by atoms with Crippen LogP contribution in [-0.4, -0.2) is 72.0 Å². The monoisotopic (exact) mass is 481 g/mol. The highest BCUT2D eigenvalue weighted by atomic mass is 16.6. The lowest BCUT2D eigenvalue weighted by molar-refractivity contribution is -0.00913. The molecule has 0 saturated heterocycles. The Morgan fingerprint density at radius 2 is 1.12 bits per heavy atom. The van der Waals surface area contributed by atoms with Gasteiger partial charge >= 0.3 is 5.97 Å². The first kappa shape index (κ1) is 30.4. The summed E-state index contributed by atoms with van der Waals surface area (Å²) in [5, 5.41) is 3.32. The first-order valence-electron chi connectivity index (χ1n) is 13.1. The molecule has 0 atom stereocenters. The molecule has 0 spiro atoms. The molecule has 0 bridgehead atoms. The summed E-state index contributed by atoms with van der Waals surface area (Å²) in [6, 6.07) is 7.34. The Hall–Kier alpha value is -1.67. The topological polar surface area (TPSA) is 75.2 Å². The second-order valence-electron chi connectivity index (χ2n) is 8.21. The fourth-order valence-corrected chi connectivity index (χ4v) is 3.16. The van der Waals surface area contributed by atoms with Crippen LogP contribution in [0.1, 0.15) is 75.6 Å². The molecule has 0 aliphatic rings. The van der Waals surface area contributed by atoms with Crippen molar-refractivity contribution in [2.24, 2.45) is 0 Å². The molecule has 1 aromatic carbocycles. The zero-order chi connectivity index (χ0) is 24.5. The number of carbonyl (C=O) groups is 1. The summed E-state index contributed by atoms with van der Waals surface area (Å²) in [6.07, 6.45) is 9.93. The molecule has 0 unspecified atom stereocenters. The molecule has 0 aliphatic carbocycles. The van der Waals surface area contributed by atoms with Crippen molar-refractivity contribution in [1.82, 2.24) is 0 Å². The lowest BCUT2D eigenvalue weighted by Gasteiger charge is -2.09. The van der Waals surface area contributed by atoms with E-state index >= 15 is 0 Å². The lowest BCUT2D eigenvalue weighted by atomic mass is 10.1. The van der Waals surface area contributed by atoms with Crippen LogP contribution in [0.15, 0.2) is 24.3 Å². The molecular weight excluding hydrogens is 434 g/mol. The van der Waals surface area contributed by atoms with Crippen LogP contribution < -0.4 is 5.32 Å². The summed E-state index contributed by atoms with van der Waals surface area (Å²) < 4.78 is 27.2. The first-order chi connectivity index (χ1) is 16.8. The predicted octanol–water partition coefficient (Wildman–Crippen LogP) is 5.48. The van der Waals surface area contributed by atoms with E-state index in [1.165, 1.54) is 32.1 Å². The molecule has 0 aliphatic heterocycles. The fourth-order valence-electron chi connectivity index (χ4n) is 3.16. The molecule has 7 heteroatoms. The van der Waals surface area contributed by atoms with Crippen molar-refractivity contribution < 1.29 is 28.5 Å². The zero-order valence-corrected chi connectivity index (χ0v) is 21.5. The SMILES string of the molecule is CCCCCCCCOCCOCCOCCOCCOC(=O)c1ccc(NCCCC)cc1. The Kier molecular flexibility index (Phi) is 20.6. The Labute approximate surface area is 206 Å². The highest BCUT2D eigenvalue weighted by Crippen LogP contribution is 2.11. The van der Waals surface area contributed by atoms with E-state index in [0.717, 1.165) is 38.1 Å². The van der Waals surface area contributed by atoms with Crippen LogP contribution >= 0.6 is 0 Å². The Morgan fingerprint density at radius 1 is 0.618 bits per heavy atom. The third-order valence-electron chi connectivity index (χ3n) is 5.20. The van der Waals surface area contributed by atoms with Crippen molar-refractivity contribution in [3.8, 4) is 0 Å². The number of carbonyl (C=O) groups excluding carboxylic acids is 1. The molecule has 1 rings (SSSR count). The van der Waals surface area contributed by atoms with Gasteiger partial charge in [-0.2, -0.15) is 0 Å².